The highest BCUT2D eigenvalue weighted by molar-refractivity contribution is 9.13. The normalized spacial score (nSPS) is 10.8. The predicted molar refractivity (Wildman–Crippen MR) is 98.7 cm³/mol. The number of fused-ring (bicyclic) bond motifs is 1. The minimum atomic E-state index is -0.143. The van der Waals surface area contributed by atoms with E-state index in [4.69, 9.17) is 16.3 Å². The Kier molecular flexibility index (Phi) is 4.71. The van der Waals surface area contributed by atoms with Crippen molar-refractivity contribution in [3.8, 4) is 11.6 Å². The van der Waals surface area contributed by atoms with Crippen molar-refractivity contribution in [2.75, 3.05) is 0 Å². The number of hydrogen-bond acceptors (Lipinski definition) is 3. The first kappa shape index (κ1) is 16.4. The second-order valence-corrected chi connectivity index (χ2v) is 6.86. The van der Waals surface area contributed by atoms with Gasteiger partial charge in [-0.15, -0.1) is 0 Å². The molecule has 3 nitrogen and oxygen atoms in total. The maximum atomic E-state index is 11.9. The fourth-order valence-electron chi connectivity index (χ4n) is 2.15. The number of Topliss-reactive ketones (excluding diaryl/α,β-unsaturated/α-hetero) is 1. The summed E-state index contributed by atoms with van der Waals surface area (Å²) in [5, 5.41) is 1.45. The van der Waals surface area contributed by atoms with E-state index in [1.165, 1.54) is 6.92 Å². The van der Waals surface area contributed by atoms with E-state index in [1.54, 1.807) is 12.1 Å². The topological polar surface area (TPSA) is 39.2 Å². The van der Waals surface area contributed by atoms with E-state index in [0.29, 0.717) is 31.2 Å². The number of nitrogens with zero attached hydrogens (tertiary/aromatic N) is 1. The van der Waals surface area contributed by atoms with Crippen LogP contribution in [-0.2, 0) is 0 Å². The van der Waals surface area contributed by atoms with Crippen LogP contribution >= 0.6 is 43.5 Å². The molecule has 0 radical (unpaired) electrons. The number of halogens is 3. The van der Waals surface area contributed by atoms with Crippen molar-refractivity contribution in [3.05, 3.63) is 62.0 Å². The molecule has 1 heterocycles. The van der Waals surface area contributed by atoms with Crippen LogP contribution in [0.5, 0.6) is 11.6 Å². The van der Waals surface area contributed by atoms with E-state index in [9.17, 15) is 4.79 Å². The third-order valence-corrected chi connectivity index (χ3v) is 5.91. The third-order valence-electron chi connectivity index (χ3n) is 3.28. The Morgan fingerprint density at radius 1 is 1.13 bits per heavy atom. The van der Waals surface area contributed by atoms with E-state index in [2.05, 4.69) is 36.8 Å². The van der Waals surface area contributed by atoms with Gasteiger partial charge in [0.2, 0.25) is 5.88 Å². The highest BCUT2D eigenvalue weighted by Crippen LogP contribution is 2.42. The van der Waals surface area contributed by atoms with Crippen molar-refractivity contribution in [2.24, 2.45) is 0 Å². The van der Waals surface area contributed by atoms with Gasteiger partial charge in [-0.1, -0.05) is 29.8 Å². The molecule has 0 saturated heterocycles. The molecule has 0 aliphatic rings. The average Bonchev–Trinajstić information content (AvgIpc) is 2.54. The van der Waals surface area contributed by atoms with Crippen LogP contribution in [-0.4, -0.2) is 10.8 Å². The summed E-state index contributed by atoms with van der Waals surface area (Å²) in [7, 11) is 0. The van der Waals surface area contributed by atoms with Gasteiger partial charge in [0.15, 0.2) is 11.5 Å². The zero-order valence-corrected chi connectivity index (χ0v) is 15.9. The van der Waals surface area contributed by atoms with E-state index in [1.807, 2.05) is 30.3 Å². The number of para-hydroxylation sites is 1. The van der Waals surface area contributed by atoms with E-state index in [-0.39, 0.29) is 5.78 Å². The standard InChI is InChI=1S/C17H10Br2ClNO2/c1-9(22)11-8-12(20)15(18)16(19)17(11)23-14-7-6-10-4-2-3-5-13(10)21-14/h2-8H,1H3. The minimum absolute atomic E-state index is 0.143. The number of rotatable bonds is 3. The molecule has 0 fully saturated rings. The first-order valence-electron chi connectivity index (χ1n) is 6.69. The molecule has 0 saturated carbocycles. The second-order valence-electron chi connectivity index (χ2n) is 4.86. The van der Waals surface area contributed by atoms with Gasteiger partial charge in [-0.25, -0.2) is 4.98 Å². The number of ether oxygens (including phenoxy) is 1. The van der Waals surface area contributed by atoms with Gasteiger partial charge in [0.25, 0.3) is 0 Å². The van der Waals surface area contributed by atoms with E-state index in [0.717, 1.165) is 10.9 Å². The molecule has 23 heavy (non-hydrogen) atoms. The molecule has 1 aromatic heterocycles. The number of benzene rings is 2. The number of aromatic nitrogens is 1. The smallest absolute Gasteiger partial charge is 0.219 e. The molecule has 0 aliphatic carbocycles. The fourth-order valence-corrected chi connectivity index (χ4v) is 3.27. The molecule has 0 N–H and O–H groups in total. The van der Waals surface area contributed by atoms with Gasteiger partial charge in [-0.2, -0.15) is 0 Å². The Morgan fingerprint density at radius 3 is 2.61 bits per heavy atom. The van der Waals surface area contributed by atoms with Crippen LogP contribution in [0, 0.1) is 0 Å². The number of hydrogen-bond donors (Lipinski definition) is 0. The van der Waals surface area contributed by atoms with Gasteiger partial charge in [0, 0.05) is 11.5 Å². The van der Waals surface area contributed by atoms with E-state index < -0.39 is 0 Å². The first-order valence-corrected chi connectivity index (χ1v) is 8.66. The lowest BCUT2D eigenvalue weighted by Gasteiger charge is -2.13. The SMILES string of the molecule is CC(=O)c1cc(Cl)c(Br)c(Br)c1Oc1ccc2ccccc2n1. The van der Waals surface area contributed by atoms with Crippen LogP contribution in [0.25, 0.3) is 10.9 Å². The minimum Gasteiger partial charge on any atom is -0.437 e. The predicted octanol–water partition coefficient (Wildman–Crippen LogP) is 6.41. The molecule has 0 atom stereocenters. The maximum absolute atomic E-state index is 11.9. The molecule has 0 aliphatic heterocycles. The Labute approximate surface area is 154 Å². The fraction of sp³-hybridized carbons (Fsp3) is 0.0588. The van der Waals surface area contributed by atoms with Gasteiger partial charge in [-0.3, -0.25) is 4.79 Å². The summed E-state index contributed by atoms with van der Waals surface area (Å²) in [6.45, 7) is 1.46. The molecule has 3 aromatic rings. The number of carbonyl (C=O) groups is 1. The Morgan fingerprint density at radius 2 is 1.87 bits per heavy atom. The Balaban J connectivity index is 2.10. The quantitative estimate of drug-likeness (QED) is 0.338. The van der Waals surface area contributed by atoms with Crippen molar-refractivity contribution >= 4 is 60.1 Å². The zero-order chi connectivity index (χ0) is 16.6. The molecular weight excluding hydrogens is 445 g/mol. The summed E-state index contributed by atoms with van der Waals surface area (Å²) < 4.78 is 7.08. The Hall–Kier alpha value is -1.43. The largest absolute Gasteiger partial charge is 0.437 e. The molecule has 0 spiro atoms. The summed E-state index contributed by atoms with van der Waals surface area (Å²) in [5.74, 6) is 0.647. The summed E-state index contributed by atoms with van der Waals surface area (Å²) >= 11 is 12.9. The monoisotopic (exact) mass is 453 g/mol. The van der Waals surface area contributed by atoms with Crippen molar-refractivity contribution in [1.29, 1.82) is 0 Å². The van der Waals surface area contributed by atoms with Gasteiger partial charge >= 0.3 is 0 Å². The third kappa shape index (κ3) is 3.27. The lowest BCUT2D eigenvalue weighted by atomic mass is 10.1. The van der Waals surface area contributed by atoms with Crippen molar-refractivity contribution in [3.63, 3.8) is 0 Å². The molecule has 0 bridgehead atoms. The van der Waals surface area contributed by atoms with Crippen molar-refractivity contribution in [2.45, 2.75) is 6.92 Å². The molecule has 116 valence electrons. The molecule has 6 heteroatoms. The van der Waals surface area contributed by atoms with Crippen molar-refractivity contribution in [1.82, 2.24) is 4.98 Å². The van der Waals surface area contributed by atoms with Crippen LogP contribution in [0.15, 0.2) is 51.4 Å². The van der Waals surface area contributed by atoms with Gasteiger partial charge < -0.3 is 4.74 Å². The number of ketones is 1. The highest BCUT2D eigenvalue weighted by Gasteiger charge is 2.19. The molecule has 0 amide bonds. The maximum Gasteiger partial charge on any atom is 0.219 e. The van der Waals surface area contributed by atoms with Crippen LogP contribution in [0.3, 0.4) is 0 Å². The summed E-state index contributed by atoms with van der Waals surface area (Å²) in [5.41, 5.74) is 1.21. The first-order chi connectivity index (χ1) is 11.0. The van der Waals surface area contributed by atoms with Crippen LogP contribution < -0.4 is 4.74 Å². The van der Waals surface area contributed by atoms with Crippen LogP contribution in [0.2, 0.25) is 5.02 Å². The summed E-state index contributed by atoms with van der Waals surface area (Å²) in [6.07, 6.45) is 0. The molecule has 0 unspecified atom stereocenters. The van der Waals surface area contributed by atoms with Gasteiger partial charge in [0.1, 0.15) is 0 Å². The lowest BCUT2D eigenvalue weighted by Crippen LogP contribution is -2.00. The van der Waals surface area contributed by atoms with Crippen LogP contribution in [0.4, 0.5) is 0 Å². The number of pyridine rings is 1. The van der Waals surface area contributed by atoms with Gasteiger partial charge in [-0.05, 0) is 57.0 Å². The van der Waals surface area contributed by atoms with E-state index >= 15 is 0 Å². The lowest BCUT2D eigenvalue weighted by molar-refractivity contribution is 0.101. The molecule has 2 aromatic carbocycles. The molecular formula is C17H10Br2ClNO2. The Bertz CT molecular complexity index is 928. The van der Waals surface area contributed by atoms with Crippen LogP contribution in [0.1, 0.15) is 17.3 Å². The highest BCUT2D eigenvalue weighted by atomic mass is 79.9. The summed E-state index contributed by atoms with van der Waals surface area (Å²) in [4.78, 5) is 16.4. The molecule has 3 rings (SSSR count). The van der Waals surface area contributed by atoms with Crippen molar-refractivity contribution < 1.29 is 9.53 Å². The zero-order valence-electron chi connectivity index (χ0n) is 11.9. The number of carbonyl (C=O) groups excluding carboxylic acids is 1. The van der Waals surface area contributed by atoms with Gasteiger partial charge in [0.05, 0.1) is 25.0 Å². The summed E-state index contributed by atoms with van der Waals surface area (Å²) in [6, 6.07) is 13.0. The second kappa shape index (κ2) is 6.59. The average molecular weight is 456 g/mol.